The molecular weight excluding hydrogens is 673 g/mol. The second-order valence-corrected chi connectivity index (χ2v) is 13.2. The summed E-state index contributed by atoms with van der Waals surface area (Å²) in [4.78, 5) is 4.87. The summed E-state index contributed by atoms with van der Waals surface area (Å²) < 4.78 is 2.47. The van der Waals surface area contributed by atoms with Gasteiger partial charge >= 0.3 is 211 Å². The molecule has 0 unspecified atom stereocenters. The first-order valence-corrected chi connectivity index (χ1v) is 14.8. The van der Waals surface area contributed by atoms with Crippen molar-refractivity contribution in [2.75, 3.05) is 26.2 Å². The van der Waals surface area contributed by atoms with Crippen molar-refractivity contribution in [2.24, 2.45) is 0 Å². The van der Waals surface area contributed by atoms with Crippen molar-refractivity contribution in [3.8, 4) is 0 Å². The Hall–Kier alpha value is 2.04. The molecule has 0 aromatic rings. The van der Waals surface area contributed by atoms with Crippen LogP contribution in [0.15, 0.2) is 0 Å². The minimum absolute atomic E-state index is 0. The maximum Gasteiger partial charge on any atom is 0 e. The minimum Gasteiger partial charge on any atom is 0 e. The Morgan fingerprint density at radius 2 is 0.690 bits per heavy atom. The summed E-state index contributed by atoms with van der Waals surface area (Å²) in [7, 11) is 0. The van der Waals surface area contributed by atoms with Gasteiger partial charge in [0.05, 0.1) is 0 Å². The third-order valence-electron chi connectivity index (χ3n) is 4.64. The molecule has 2 radical (unpaired) electrons. The molecule has 0 aromatic carbocycles. The number of unbranched alkanes of at least 4 members (excludes halogenated alkanes) is 8. The Balaban J connectivity index is -0.000000451. The van der Waals surface area contributed by atoms with Crippen molar-refractivity contribution in [2.45, 2.75) is 105 Å². The van der Waals surface area contributed by atoms with E-state index in [0.29, 0.717) is 0 Å². The largest absolute Gasteiger partial charge is 0 e. The van der Waals surface area contributed by atoms with Crippen LogP contribution in [0, 0.1) is 0 Å². The van der Waals surface area contributed by atoms with Gasteiger partial charge < -0.3 is 0 Å². The Morgan fingerprint density at radius 3 is 0.828 bits per heavy atom. The molecule has 0 saturated carbocycles. The minimum atomic E-state index is 0. The van der Waals surface area contributed by atoms with Gasteiger partial charge in [-0.25, -0.2) is 0 Å². The molecule has 168 valence electrons. The molecule has 0 fully saturated rings. The van der Waals surface area contributed by atoms with Gasteiger partial charge in [-0.15, -0.1) is 0 Å². The van der Waals surface area contributed by atoms with Gasteiger partial charge in [-0.05, 0) is 0 Å². The smallest absolute Gasteiger partial charge is 0 e. The number of rotatable bonds is 18. The van der Waals surface area contributed by atoms with Crippen LogP contribution in [0.2, 0.25) is 0 Å². The van der Waals surface area contributed by atoms with Crippen LogP contribution in [0.4, 0.5) is 0 Å². The van der Waals surface area contributed by atoms with Gasteiger partial charge in [0.25, 0.3) is 0 Å². The third-order valence-corrected chi connectivity index (χ3v) is 6.81. The Bertz CT molecular complexity index is 317. The van der Waals surface area contributed by atoms with E-state index in [9.17, 15) is 0 Å². The normalized spacial score (nSPS) is 9.79. The van der Waals surface area contributed by atoms with Gasteiger partial charge in [0.15, 0.2) is 0 Å². The van der Waals surface area contributed by atoms with Crippen molar-refractivity contribution in [3.63, 3.8) is 0 Å². The zero-order valence-electron chi connectivity index (χ0n) is 19.5. The summed E-state index contributed by atoms with van der Waals surface area (Å²) in [5.74, 6) is 0. The molecule has 0 N–H and O–H groups in total. The molecule has 0 aliphatic heterocycles. The van der Waals surface area contributed by atoms with E-state index in [1.807, 2.05) is 0 Å². The second-order valence-electron chi connectivity index (χ2n) is 7.33. The Labute approximate surface area is 228 Å². The van der Waals surface area contributed by atoms with E-state index in [2.05, 4.69) is 101 Å². The molecule has 29 heavy (non-hydrogen) atoms. The topological polar surface area (TPSA) is 6.48 Å². The number of nitrogens with zero attached hydrogens (tertiary/aromatic N) is 2. The summed E-state index contributed by atoms with van der Waals surface area (Å²) in [5.41, 5.74) is 0. The van der Waals surface area contributed by atoms with Gasteiger partial charge in [-0.1, -0.05) is 0 Å². The van der Waals surface area contributed by atoms with Gasteiger partial charge in [0.2, 0.25) is 0 Å². The monoisotopic (exact) mass is 720 g/mol. The first-order valence-electron chi connectivity index (χ1n) is 11.4. The van der Waals surface area contributed by atoms with Crippen LogP contribution < -0.4 is 0 Å². The molecule has 0 aliphatic carbocycles. The van der Waals surface area contributed by atoms with Crippen LogP contribution in [0.3, 0.4) is 0 Å². The molecule has 0 atom stereocenters. The zero-order valence-corrected chi connectivity index (χ0v) is 29.4. The van der Waals surface area contributed by atoms with Gasteiger partial charge in [0.1, 0.15) is 0 Å². The first-order chi connectivity index (χ1) is 13.4. The molecular formula is C22H44N2Se4Zn. The molecule has 0 heterocycles. The van der Waals surface area contributed by atoms with E-state index in [1.165, 1.54) is 110 Å². The van der Waals surface area contributed by atoms with Crippen LogP contribution in [0.5, 0.6) is 0 Å². The maximum absolute atomic E-state index is 3.08. The standard InChI is InChI=1S/2C11H22NSe2.Zn/c2*1-3-5-7-9-12(11(13)14)10-8-6-4-2;/h2*3-10H2,1-2H3;. The van der Waals surface area contributed by atoms with E-state index < -0.39 is 0 Å². The van der Waals surface area contributed by atoms with E-state index in [1.54, 1.807) is 0 Å². The fourth-order valence-corrected chi connectivity index (χ4v) is 4.33. The molecule has 0 saturated heterocycles. The summed E-state index contributed by atoms with van der Waals surface area (Å²) >= 11 is 12.3. The quantitative estimate of drug-likeness (QED) is 0.155. The van der Waals surface area contributed by atoms with Crippen LogP contribution >= 0.6 is 0 Å². The van der Waals surface area contributed by atoms with Crippen molar-refractivity contribution in [1.29, 1.82) is 0 Å². The van der Waals surface area contributed by atoms with Crippen molar-refractivity contribution < 1.29 is 19.5 Å². The van der Waals surface area contributed by atoms with Crippen LogP contribution in [-0.2, 0) is 19.5 Å². The molecule has 0 bridgehead atoms. The van der Waals surface area contributed by atoms with Crippen LogP contribution in [0.1, 0.15) is 105 Å². The molecule has 0 aliphatic rings. The molecule has 0 amide bonds. The number of hydrogen-bond acceptors (Lipinski definition) is 2. The average Bonchev–Trinajstić information content (AvgIpc) is 2.66. The maximum atomic E-state index is 3.08. The number of hydrogen-bond donors (Lipinski definition) is 0. The SMILES string of the molecule is CCCCCN(CCCCC)C([Se])=[Se].CCCCCN(CCCCC)C([Se])=[Se].[Zn]. The summed E-state index contributed by atoms with van der Waals surface area (Å²) in [6, 6.07) is 0. The summed E-state index contributed by atoms with van der Waals surface area (Å²) in [6.45, 7) is 13.8. The van der Waals surface area contributed by atoms with Gasteiger partial charge in [0, 0.05) is 19.5 Å². The second kappa shape index (κ2) is 28.1. The molecule has 2 nitrogen and oxygen atoms in total. The average molecular weight is 718 g/mol. The van der Waals surface area contributed by atoms with Crippen molar-refractivity contribution in [1.82, 2.24) is 9.80 Å². The molecule has 0 spiro atoms. The van der Waals surface area contributed by atoms with Crippen LogP contribution in [0.25, 0.3) is 0 Å². The van der Waals surface area contributed by atoms with Gasteiger partial charge in [-0.3, -0.25) is 0 Å². The third kappa shape index (κ3) is 26.2. The molecule has 0 rings (SSSR count). The fourth-order valence-electron chi connectivity index (χ4n) is 2.80. The fraction of sp³-hybridized carbons (Fsp3) is 0.909. The van der Waals surface area contributed by atoms with Crippen molar-refractivity contribution >= 4 is 70.1 Å². The Kier molecular flexibility index (Phi) is 34.5. The van der Waals surface area contributed by atoms with E-state index in [4.69, 9.17) is 0 Å². The van der Waals surface area contributed by atoms with Crippen molar-refractivity contribution in [3.05, 3.63) is 0 Å². The van der Waals surface area contributed by atoms with E-state index in [0.717, 1.165) is 0 Å². The van der Waals surface area contributed by atoms with Crippen LogP contribution in [-0.4, -0.2) is 106 Å². The Morgan fingerprint density at radius 1 is 0.483 bits per heavy atom. The molecule has 7 heteroatoms. The summed E-state index contributed by atoms with van der Waals surface area (Å²) in [6.07, 6.45) is 15.9. The summed E-state index contributed by atoms with van der Waals surface area (Å²) in [5, 5.41) is 0. The predicted molar refractivity (Wildman–Crippen MR) is 134 cm³/mol. The zero-order chi connectivity index (χ0) is 21.6. The first kappa shape index (κ1) is 35.6. The predicted octanol–water partition coefficient (Wildman–Crippen LogP) is 4.18. The van der Waals surface area contributed by atoms with E-state index in [-0.39, 0.29) is 19.5 Å². The van der Waals surface area contributed by atoms with Gasteiger partial charge in [-0.2, -0.15) is 0 Å². The molecule has 0 aromatic heterocycles. The van der Waals surface area contributed by atoms with E-state index >= 15 is 0 Å².